The summed E-state index contributed by atoms with van der Waals surface area (Å²) in [4.78, 5) is 11.9. The van der Waals surface area contributed by atoms with Gasteiger partial charge in [0.15, 0.2) is 0 Å². The van der Waals surface area contributed by atoms with Crippen molar-refractivity contribution in [3.63, 3.8) is 0 Å². The lowest BCUT2D eigenvalue weighted by molar-refractivity contribution is -0.124. The highest BCUT2D eigenvalue weighted by Gasteiger charge is 2.22. The van der Waals surface area contributed by atoms with E-state index in [-0.39, 0.29) is 18.6 Å². The highest BCUT2D eigenvalue weighted by Crippen LogP contribution is 2.27. The lowest BCUT2D eigenvalue weighted by atomic mass is 9.88. The summed E-state index contributed by atoms with van der Waals surface area (Å²) in [5, 5.41) is 3.29. The molecule has 1 amide bonds. The molecule has 1 N–H and O–H groups in total. The van der Waals surface area contributed by atoms with Gasteiger partial charge in [-0.05, 0) is 37.0 Å². The largest absolute Gasteiger partial charge is 0.368 e. The second-order valence-corrected chi connectivity index (χ2v) is 6.61. The molecule has 0 radical (unpaired) electrons. The van der Waals surface area contributed by atoms with E-state index in [4.69, 9.17) is 16.3 Å². The Kier molecular flexibility index (Phi) is 5.87. The predicted molar refractivity (Wildman–Crippen MR) is 85.2 cm³/mol. The third-order valence-electron chi connectivity index (χ3n) is 3.67. The predicted octanol–water partition coefficient (Wildman–Crippen LogP) is 4.64. The highest BCUT2D eigenvalue weighted by atomic mass is 79.9. The van der Waals surface area contributed by atoms with Crippen molar-refractivity contribution in [3.05, 3.63) is 27.7 Å². The van der Waals surface area contributed by atoms with Crippen LogP contribution < -0.4 is 5.32 Å². The van der Waals surface area contributed by atoms with Crippen LogP contribution in [0, 0.1) is 5.92 Å². The molecule has 3 nitrogen and oxygen atoms in total. The fourth-order valence-electron chi connectivity index (χ4n) is 2.49. The average molecular weight is 361 g/mol. The van der Waals surface area contributed by atoms with Crippen LogP contribution in [-0.4, -0.2) is 18.6 Å². The Morgan fingerprint density at radius 1 is 1.45 bits per heavy atom. The topological polar surface area (TPSA) is 38.3 Å². The number of hydrogen-bond donors (Lipinski definition) is 1. The fourth-order valence-corrected chi connectivity index (χ4v) is 3.21. The zero-order valence-electron chi connectivity index (χ0n) is 11.5. The van der Waals surface area contributed by atoms with E-state index in [0.29, 0.717) is 16.6 Å². The van der Waals surface area contributed by atoms with Crippen molar-refractivity contribution in [3.8, 4) is 0 Å². The summed E-state index contributed by atoms with van der Waals surface area (Å²) < 4.78 is 6.61. The summed E-state index contributed by atoms with van der Waals surface area (Å²) >= 11 is 9.39. The molecule has 1 fully saturated rings. The Labute approximate surface area is 133 Å². The van der Waals surface area contributed by atoms with Crippen molar-refractivity contribution in [1.29, 1.82) is 0 Å². The van der Waals surface area contributed by atoms with Crippen LogP contribution >= 0.6 is 27.5 Å². The van der Waals surface area contributed by atoms with Gasteiger partial charge in [0.1, 0.15) is 6.61 Å². The minimum atomic E-state index is -0.160. The molecule has 0 aromatic heterocycles. The Hall–Kier alpha value is -0.580. The molecule has 1 aliphatic carbocycles. The van der Waals surface area contributed by atoms with Gasteiger partial charge in [-0.15, -0.1) is 0 Å². The summed E-state index contributed by atoms with van der Waals surface area (Å²) in [5.41, 5.74) is 0.611. The summed E-state index contributed by atoms with van der Waals surface area (Å²) in [6.07, 6.45) is 4.89. The second kappa shape index (κ2) is 7.43. The van der Waals surface area contributed by atoms with E-state index < -0.39 is 0 Å². The highest BCUT2D eigenvalue weighted by molar-refractivity contribution is 9.10. The fraction of sp³-hybridized carbons (Fsp3) is 0.533. The molecule has 110 valence electrons. The minimum Gasteiger partial charge on any atom is -0.368 e. The molecule has 2 atom stereocenters. The molecular formula is C15H19BrClNO2. The molecule has 1 aromatic carbocycles. The number of ether oxygens (including phenoxy) is 1. The Morgan fingerprint density at radius 2 is 2.20 bits per heavy atom. The van der Waals surface area contributed by atoms with Gasteiger partial charge in [0.25, 0.3) is 0 Å². The lowest BCUT2D eigenvalue weighted by Gasteiger charge is -2.28. The van der Waals surface area contributed by atoms with Crippen LogP contribution in [0.3, 0.4) is 0 Å². The summed E-state index contributed by atoms with van der Waals surface area (Å²) in [6.45, 7) is 2.27. The first-order chi connectivity index (χ1) is 9.56. The molecule has 0 heterocycles. The number of nitrogens with one attached hydrogen (secondary N) is 1. The molecule has 1 aromatic rings. The van der Waals surface area contributed by atoms with Gasteiger partial charge in [-0.1, -0.05) is 47.3 Å². The van der Waals surface area contributed by atoms with Gasteiger partial charge in [-0.3, -0.25) is 4.79 Å². The molecule has 0 unspecified atom stereocenters. The summed E-state index contributed by atoms with van der Waals surface area (Å²) in [5.74, 6) is 0.375. The van der Waals surface area contributed by atoms with E-state index in [1.165, 1.54) is 19.3 Å². The smallest absolute Gasteiger partial charge is 0.250 e. The van der Waals surface area contributed by atoms with Gasteiger partial charge in [0, 0.05) is 4.47 Å². The summed E-state index contributed by atoms with van der Waals surface area (Å²) in [7, 11) is 0. The van der Waals surface area contributed by atoms with E-state index in [1.807, 2.05) is 6.07 Å². The number of hydrogen-bond acceptors (Lipinski definition) is 2. The van der Waals surface area contributed by atoms with Gasteiger partial charge in [-0.25, -0.2) is 0 Å². The maximum atomic E-state index is 11.9. The number of carbonyl (C=O) groups is 1. The molecule has 0 spiro atoms. The number of benzene rings is 1. The van der Waals surface area contributed by atoms with Crippen LogP contribution in [0.2, 0.25) is 5.02 Å². The van der Waals surface area contributed by atoms with Crippen molar-refractivity contribution >= 4 is 39.1 Å². The zero-order valence-corrected chi connectivity index (χ0v) is 13.8. The van der Waals surface area contributed by atoms with Gasteiger partial charge >= 0.3 is 0 Å². The van der Waals surface area contributed by atoms with Crippen LogP contribution in [-0.2, 0) is 9.53 Å². The van der Waals surface area contributed by atoms with E-state index in [2.05, 4.69) is 28.2 Å². The van der Waals surface area contributed by atoms with Gasteiger partial charge < -0.3 is 10.1 Å². The van der Waals surface area contributed by atoms with E-state index >= 15 is 0 Å². The Bertz CT molecular complexity index is 481. The normalized spacial score (nSPS) is 22.6. The van der Waals surface area contributed by atoms with Crippen LogP contribution in [0.5, 0.6) is 0 Å². The van der Waals surface area contributed by atoms with Gasteiger partial charge in [0.2, 0.25) is 5.91 Å². The average Bonchev–Trinajstić information content (AvgIpc) is 2.41. The molecule has 5 heteroatoms. The molecule has 1 aliphatic rings. The second-order valence-electron chi connectivity index (χ2n) is 5.28. The standard InChI is InChI=1S/C15H19BrClNO2/c1-10-4-2-3-5-14(10)20-9-15(19)18-13-7-6-11(16)8-12(13)17/h6-8,10,14H,2-5,9H2,1H3,(H,18,19)/t10-,14+/m1/s1. The molecule has 20 heavy (non-hydrogen) atoms. The van der Waals surface area contributed by atoms with Gasteiger partial charge in [-0.2, -0.15) is 0 Å². The number of rotatable bonds is 4. The maximum Gasteiger partial charge on any atom is 0.250 e. The zero-order chi connectivity index (χ0) is 14.5. The van der Waals surface area contributed by atoms with Crippen molar-refractivity contribution in [1.82, 2.24) is 0 Å². The third kappa shape index (κ3) is 4.47. The minimum absolute atomic E-state index is 0.0847. The molecule has 0 aliphatic heterocycles. The number of anilines is 1. The first kappa shape index (κ1) is 15.8. The number of halogens is 2. The molecule has 0 bridgehead atoms. The van der Waals surface area contributed by atoms with Crippen LogP contribution in [0.1, 0.15) is 32.6 Å². The van der Waals surface area contributed by atoms with E-state index in [0.717, 1.165) is 10.9 Å². The van der Waals surface area contributed by atoms with Gasteiger partial charge in [0.05, 0.1) is 16.8 Å². The molecule has 2 rings (SSSR count). The van der Waals surface area contributed by atoms with Crippen LogP contribution in [0.4, 0.5) is 5.69 Å². The van der Waals surface area contributed by atoms with Crippen molar-refractivity contribution in [2.24, 2.45) is 5.92 Å². The number of carbonyl (C=O) groups excluding carboxylic acids is 1. The maximum absolute atomic E-state index is 11.9. The van der Waals surface area contributed by atoms with Crippen LogP contribution in [0.15, 0.2) is 22.7 Å². The van der Waals surface area contributed by atoms with Crippen molar-refractivity contribution < 1.29 is 9.53 Å². The lowest BCUT2D eigenvalue weighted by Crippen LogP contribution is -2.29. The first-order valence-corrected chi connectivity index (χ1v) is 8.10. The Balaban J connectivity index is 1.83. The molecular weight excluding hydrogens is 342 g/mol. The monoisotopic (exact) mass is 359 g/mol. The number of amides is 1. The van der Waals surface area contributed by atoms with E-state index in [1.54, 1.807) is 12.1 Å². The molecule has 1 saturated carbocycles. The quantitative estimate of drug-likeness (QED) is 0.849. The van der Waals surface area contributed by atoms with Crippen molar-refractivity contribution in [2.45, 2.75) is 38.7 Å². The SMILES string of the molecule is C[C@@H]1CCCC[C@@H]1OCC(=O)Nc1ccc(Br)cc1Cl. The Morgan fingerprint density at radius 3 is 2.90 bits per heavy atom. The third-order valence-corrected chi connectivity index (χ3v) is 4.47. The molecule has 0 saturated heterocycles. The van der Waals surface area contributed by atoms with Crippen molar-refractivity contribution in [2.75, 3.05) is 11.9 Å². The van der Waals surface area contributed by atoms with Crippen LogP contribution in [0.25, 0.3) is 0 Å². The summed E-state index contributed by atoms with van der Waals surface area (Å²) in [6, 6.07) is 5.36. The van der Waals surface area contributed by atoms with E-state index in [9.17, 15) is 4.79 Å². The first-order valence-electron chi connectivity index (χ1n) is 6.93.